The number of ether oxygens (including phenoxy) is 3. The number of aromatic nitrogens is 1. The van der Waals surface area contributed by atoms with Gasteiger partial charge in [-0.15, -0.1) is 0 Å². The van der Waals surface area contributed by atoms with Crippen LogP contribution < -0.4 is 24.4 Å². The van der Waals surface area contributed by atoms with Gasteiger partial charge in [-0.1, -0.05) is 39.4 Å². The molecule has 2 aromatic carbocycles. The number of hydrogen-bond donors (Lipinski definition) is 0. The van der Waals surface area contributed by atoms with Gasteiger partial charge in [0, 0.05) is 16.1 Å². The standard InChI is InChI=1S/C25H23BrN2O5S/c1-5-33-24(30)21-14(2)27-25-28(22(21)15-6-9-17(26)10-7-15)23(29)20(34-25)12-16-8-11-18(31-3)13-19(16)32-4/h6-13,22H,5H2,1-4H3/b20-12-/t22-/m1/s1. The van der Waals surface area contributed by atoms with E-state index in [9.17, 15) is 9.59 Å². The van der Waals surface area contributed by atoms with Gasteiger partial charge in [-0.2, -0.15) is 0 Å². The van der Waals surface area contributed by atoms with Crippen LogP contribution in [0.15, 0.2) is 68.0 Å². The number of halogens is 1. The average molecular weight is 543 g/mol. The Kier molecular flexibility index (Phi) is 7.04. The van der Waals surface area contributed by atoms with Gasteiger partial charge in [0.15, 0.2) is 4.80 Å². The Hall–Kier alpha value is -3.17. The maximum absolute atomic E-state index is 13.7. The third kappa shape index (κ3) is 4.45. The maximum Gasteiger partial charge on any atom is 0.338 e. The number of nitrogens with zero attached hydrogens (tertiary/aromatic N) is 2. The van der Waals surface area contributed by atoms with Gasteiger partial charge in [0.1, 0.15) is 11.5 Å². The predicted molar refractivity (Wildman–Crippen MR) is 134 cm³/mol. The van der Waals surface area contributed by atoms with Crippen LogP contribution in [-0.4, -0.2) is 31.4 Å². The highest BCUT2D eigenvalue weighted by Crippen LogP contribution is 2.31. The number of hydrogen-bond acceptors (Lipinski definition) is 7. The van der Waals surface area contributed by atoms with Crippen LogP contribution in [0.25, 0.3) is 6.08 Å². The molecular formula is C25H23BrN2O5S. The molecule has 0 saturated heterocycles. The summed E-state index contributed by atoms with van der Waals surface area (Å²) >= 11 is 4.71. The lowest BCUT2D eigenvalue weighted by atomic mass is 9.96. The Morgan fingerprint density at radius 2 is 1.91 bits per heavy atom. The van der Waals surface area contributed by atoms with Gasteiger partial charge in [-0.25, -0.2) is 9.79 Å². The fourth-order valence-corrected chi connectivity index (χ4v) is 5.13. The molecule has 0 spiro atoms. The van der Waals surface area contributed by atoms with Crippen molar-refractivity contribution in [2.45, 2.75) is 19.9 Å². The minimum atomic E-state index is -0.650. The van der Waals surface area contributed by atoms with Crippen LogP contribution in [0.2, 0.25) is 0 Å². The number of fused-ring (bicyclic) bond motifs is 1. The maximum atomic E-state index is 13.7. The van der Waals surface area contributed by atoms with Crippen molar-refractivity contribution in [1.82, 2.24) is 4.57 Å². The van der Waals surface area contributed by atoms with Crippen molar-refractivity contribution >= 4 is 39.3 Å². The summed E-state index contributed by atoms with van der Waals surface area (Å²) in [5.74, 6) is 0.751. The lowest BCUT2D eigenvalue weighted by Gasteiger charge is -2.24. The summed E-state index contributed by atoms with van der Waals surface area (Å²) in [6.45, 7) is 3.74. The van der Waals surface area contributed by atoms with E-state index < -0.39 is 12.0 Å². The zero-order chi connectivity index (χ0) is 24.4. The first-order chi connectivity index (χ1) is 16.4. The quantitative estimate of drug-likeness (QED) is 0.445. The van der Waals surface area contributed by atoms with Crippen LogP contribution in [0, 0.1) is 0 Å². The van der Waals surface area contributed by atoms with E-state index >= 15 is 0 Å². The number of benzene rings is 2. The fraction of sp³-hybridized carbons (Fsp3) is 0.240. The van der Waals surface area contributed by atoms with Crippen LogP contribution >= 0.6 is 27.3 Å². The minimum Gasteiger partial charge on any atom is -0.497 e. The smallest absolute Gasteiger partial charge is 0.338 e. The predicted octanol–water partition coefficient (Wildman–Crippen LogP) is 3.58. The molecule has 9 heteroatoms. The van der Waals surface area contributed by atoms with Crippen molar-refractivity contribution in [3.8, 4) is 11.5 Å². The first-order valence-electron chi connectivity index (χ1n) is 10.5. The van der Waals surface area contributed by atoms with E-state index in [1.807, 2.05) is 30.3 Å². The molecule has 0 radical (unpaired) electrons. The number of allylic oxidation sites excluding steroid dienone is 1. The lowest BCUT2D eigenvalue weighted by molar-refractivity contribution is -0.139. The SMILES string of the molecule is CCOC(=O)C1=C(C)N=c2s/c(=C\c3ccc(OC)cc3OC)c(=O)n2[C@@H]1c1ccc(Br)cc1. The molecule has 1 aromatic heterocycles. The molecule has 176 valence electrons. The number of methoxy groups -OCH3 is 2. The van der Waals surface area contributed by atoms with Crippen LogP contribution in [0.5, 0.6) is 11.5 Å². The van der Waals surface area contributed by atoms with Gasteiger partial charge >= 0.3 is 5.97 Å². The van der Waals surface area contributed by atoms with E-state index in [-0.39, 0.29) is 12.2 Å². The molecule has 7 nitrogen and oxygen atoms in total. The fourth-order valence-electron chi connectivity index (χ4n) is 3.83. The Morgan fingerprint density at radius 3 is 2.56 bits per heavy atom. The highest BCUT2D eigenvalue weighted by atomic mass is 79.9. The third-order valence-corrected chi connectivity index (χ3v) is 6.94. The summed E-state index contributed by atoms with van der Waals surface area (Å²) in [5.41, 5.74) is 2.15. The Bertz CT molecular complexity index is 1450. The number of carbonyl (C=O) groups is 1. The molecule has 0 bridgehead atoms. The van der Waals surface area contributed by atoms with Gasteiger partial charge < -0.3 is 14.2 Å². The first-order valence-corrected chi connectivity index (χ1v) is 12.2. The molecule has 0 unspecified atom stereocenters. The molecule has 0 saturated carbocycles. The Labute approximate surface area is 208 Å². The highest BCUT2D eigenvalue weighted by Gasteiger charge is 2.33. The molecule has 4 rings (SSSR count). The van der Waals surface area contributed by atoms with Crippen LogP contribution in [0.3, 0.4) is 0 Å². The summed E-state index contributed by atoms with van der Waals surface area (Å²) in [6.07, 6.45) is 1.77. The monoisotopic (exact) mass is 542 g/mol. The van der Waals surface area contributed by atoms with E-state index in [2.05, 4.69) is 20.9 Å². The molecule has 0 N–H and O–H groups in total. The number of esters is 1. The summed E-state index contributed by atoms with van der Waals surface area (Å²) in [7, 11) is 3.15. The molecular weight excluding hydrogens is 520 g/mol. The molecule has 0 amide bonds. The molecule has 0 aliphatic carbocycles. The number of rotatable bonds is 6. The second kappa shape index (κ2) is 9.99. The molecule has 0 fully saturated rings. The summed E-state index contributed by atoms with van der Waals surface area (Å²) in [4.78, 5) is 31.7. The lowest BCUT2D eigenvalue weighted by Crippen LogP contribution is -2.39. The molecule has 1 aliphatic rings. The van der Waals surface area contributed by atoms with Crippen LogP contribution in [0.4, 0.5) is 0 Å². The van der Waals surface area contributed by atoms with Crippen molar-refractivity contribution < 1.29 is 19.0 Å². The van der Waals surface area contributed by atoms with Crippen molar-refractivity contribution in [2.75, 3.05) is 20.8 Å². The second-order valence-electron chi connectivity index (χ2n) is 7.46. The van der Waals surface area contributed by atoms with E-state index in [0.29, 0.717) is 32.1 Å². The molecule has 1 aliphatic heterocycles. The van der Waals surface area contributed by atoms with E-state index in [0.717, 1.165) is 15.6 Å². The Balaban J connectivity index is 1.94. The van der Waals surface area contributed by atoms with Crippen LogP contribution in [0.1, 0.15) is 31.0 Å². The first kappa shape index (κ1) is 24.0. The average Bonchev–Trinajstić information content (AvgIpc) is 3.13. The van der Waals surface area contributed by atoms with E-state index in [1.54, 1.807) is 50.8 Å². The topological polar surface area (TPSA) is 79.1 Å². The molecule has 34 heavy (non-hydrogen) atoms. The second-order valence-corrected chi connectivity index (χ2v) is 9.39. The highest BCUT2D eigenvalue weighted by molar-refractivity contribution is 9.10. The Morgan fingerprint density at radius 1 is 1.18 bits per heavy atom. The minimum absolute atomic E-state index is 0.227. The summed E-state index contributed by atoms with van der Waals surface area (Å²) in [6, 6.07) is 12.3. The summed E-state index contributed by atoms with van der Waals surface area (Å²) < 4.78 is 19.0. The van der Waals surface area contributed by atoms with E-state index in [4.69, 9.17) is 14.2 Å². The summed E-state index contributed by atoms with van der Waals surface area (Å²) in [5, 5.41) is 0. The third-order valence-electron chi connectivity index (χ3n) is 5.43. The normalized spacial score (nSPS) is 15.6. The number of carbonyl (C=O) groups excluding carboxylic acids is 1. The molecule has 3 aromatic rings. The largest absolute Gasteiger partial charge is 0.497 e. The van der Waals surface area contributed by atoms with Gasteiger partial charge in [0.25, 0.3) is 5.56 Å². The van der Waals surface area contributed by atoms with Crippen molar-refractivity contribution in [1.29, 1.82) is 0 Å². The van der Waals surface area contributed by atoms with Crippen LogP contribution in [-0.2, 0) is 9.53 Å². The van der Waals surface area contributed by atoms with Gasteiger partial charge in [-0.05, 0) is 49.8 Å². The van der Waals surface area contributed by atoms with Crippen molar-refractivity contribution in [3.05, 3.63) is 89.0 Å². The van der Waals surface area contributed by atoms with Gasteiger partial charge in [0.05, 0.1) is 42.7 Å². The van der Waals surface area contributed by atoms with Crippen molar-refractivity contribution in [2.24, 2.45) is 4.99 Å². The zero-order valence-electron chi connectivity index (χ0n) is 19.1. The zero-order valence-corrected chi connectivity index (χ0v) is 21.5. The molecule has 2 heterocycles. The van der Waals surface area contributed by atoms with Gasteiger partial charge in [-0.3, -0.25) is 9.36 Å². The number of thiazole rings is 1. The molecule has 1 atom stereocenters. The van der Waals surface area contributed by atoms with Gasteiger partial charge in [0.2, 0.25) is 0 Å². The van der Waals surface area contributed by atoms with E-state index in [1.165, 1.54) is 11.3 Å². The van der Waals surface area contributed by atoms with Crippen molar-refractivity contribution in [3.63, 3.8) is 0 Å².